The van der Waals surface area contributed by atoms with E-state index in [4.69, 9.17) is 0 Å². The highest BCUT2D eigenvalue weighted by Crippen LogP contribution is 2.25. The molecule has 0 spiro atoms. The molecule has 0 saturated heterocycles. The van der Waals surface area contributed by atoms with Gasteiger partial charge in [-0.25, -0.2) is 0 Å². The highest BCUT2D eigenvalue weighted by atomic mass is 19.4. The molecule has 0 amide bonds. The first kappa shape index (κ1) is 13.8. The first-order chi connectivity index (χ1) is 6.23. The van der Waals surface area contributed by atoms with Crippen LogP contribution >= 0.6 is 0 Å². The minimum Gasteiger partial charge on any atom is -0.304 e. The number of hydrogen-bond donors (Lipinski definition) is 1. The molecule has 0 aliphatic heterocycles. The largest absolute Gasteiger partial charge is 0.403 e. The lowest BCUT2D eigenvalue weighted by molar-refractivity contribution is -0.159. The third-order valence-corrected chi connectivity index (χ3v) is 1.96. The number of halogens is 3. The first-order valence-corrected chi connectivity index (χ1v) is 5.06. The van der Waals surface area contributed by atoms with E-state index in [1.807, 2.05) is 13.8 Å². The van der Waals surface area contributed by atoms with Crippen LogP contribution in [0.5, 0.6) is 0 Å². The molecule has 0 rings (SSSR count). The number of hydrogen-bond acceptors (Lipinski definition) is 1. The van der Waals surface area contributed by atoms with Crippen molar-refractivity contribution in [2.45, 2.75) is 58.8 Å². The van der Waals surface area contributed by atoms with E-state index in [0.29, 0.717) is 12.3 Å². The molecule has 1 N–H and O–H groups in total. The molecule has 86 valence electrons. The maximum absolute atomic E-state index is 12.5. The minimum absolute atomic E-state index is 0.131. The summed E-state index contributed by atoms with van der Waals surface area (Å²) in [5, 5.41) is 2.55. The Labute approximate surface area is 84.1 Å². The SMILES string of the molecule is CC(C)CCC(NC(C)C)C(F)(F)F. The van der Waals surface area contributed by atoms with E-state index < -0.39 is 12.2 Å². The van der Waals surface area contributed by atoms with Crippen LogP contribution < -0.4 is 5.32 Å². The fourth-order valence-electron chi connectivity index (χ4n) is 1.24. The molecule has 14 heavy (non-hydrogen) atoms. The third-order valence-electron chi connectivity index (χ3n) is 1.96. The number of rotatable bonds is 5. The second-order valence-corrected chi connectivity index (χ2v) is 4.39. The first-order valence-electron chi connectivity index (χ1n) is 5.06. The summed E-state index contributed by atoms with van der Waals surface area (Å²) in [5.41, 5.74) is 0. The van der Waals surface area contributed by atoms with Crippen molar-refractivity contribution < 1.29 is 13.2 Å². The Kier molecular flexibility index (Phi) is 5.49. The standard InChI is InChI=1S/C10H20F3N/c1-7(2)5-6-9(10(11,12)13)14-8(3)4/h7-9,14H,5-6H2,1-4H3. The summed E-state index contributed by atoms with van der Waals surface area (Å²) in [6.45, 7) is 7.33. The molecule has 0 aromatic rings. The fourth-order valence-corrected chi connectivity index (χ4v) is 1.24. The maximum atomic E-state index is 12.5. The fraction of sp³-hybridized carbons (Fsp3) is 1.00. The van der Waals surface area contributed by atoms with E-state index >= 15 is 0 Å². The van der Waals surface area contributed by atoms with Crippen molar-refractivity contribution in [1.82, 2.24) is 5.32 Å². The Morgan fingerprint density at radius 3 is 1.79 bits per heavy atom. The molecule has 4 heteroatoms. The Bertz CT molecular complexity index is 152. The summed E-state index contributed by atoms with van der Waals surface area (Å²) in [6.07, 6.45) is -3.36. The quantitative estimate of drug-likeness (QED) is 0.735. The molecule has 0 aromatic carbocycles. The van der Waals surface area contributed by atoms with Gasteiger partial charge in [0.2, 0.25) is 0 Å². The second-order valence-electron chi connectivity index (χ2n) is 4.39. The molecule has 1 atom stereocenters. The lowest BCUT2D eigenvalue weighted by atomic mass is 10.0. The van der Waals surface area contributed by atoms with Gasteiger partial charge in [0, 0.05) is 6.04 Å². The Morgan fingerprint density at radius 1 is 1.00 bits per heavy atom. The molecule has 1 nitrogen and oxygen atoms in total. The van der Waals surface area contributed by atoms with Gasteiger partial charge < -0.3 is 5.32 Å². The van der Waals surface area contributed by atoms with Gasteiger partial charge in [0.1, 0.15) is 6.04 Å². The molecular formula is C10H20F3N. The van der Waals surface area contributed by atoms with E-state index in [0.717, 1.165) is 0 Å². The average Bonchev–Trinajstić information content (AvgIpc) is 1.94. The second kappa shape index (κ2) is 5.59. The zero-order valence-electron chi connectivity index (χ0n) is 9.28. The summed E-state index contributed by atoms with van der Waals surface area (Å²) in [4.78, 5) is 0. The van der Waals surface area contributed by atoms with Gasteiger partial charge in [0.15, 0.2) is 0 Å². The minimum atomic E-state index is -4.13. The Hall–Kier alpha value is -0.250. The van der Waals surface area contributed by atoms with Crippen molar-refractivity contribution in [3.05, 3.63) is 0 Å². The summed E-state index contributed by atoms with van der Waals surface area (Å²) < 4.78 is 37.4. The highest BCUT2D eigenvalue weighted by Gasteiger charge is 2.39. The number of alkyl halides is 3. The predicted octanol–water partition coefficient (Wildman–Crippen LogP) is 3.35. The maximum Gasteiger partial charge on any atom is 0.403 e. The van der Waals surface area contributed by atoms with Crippen molar-refractivity contribution in [3.63, 3.8) is 0 Å². The molecule has 0 saturated carbocycles. The van der Waals surface area contributed by atoms with Crippen molar-refractivity contribution in [1.29, 1.82) is 0 Å². The molecule has 0 aromatic heterocycles. The third kappa shape index (κ3) is 6.24. The van der Waals surface area contributed by atoms with Crippen molar-refractivity contribution in [3.8, 4) is 0 Å². The van der Waals surface area contributed by atoms with Crippen LogP contribution in [0.25, 0.3) is 0 Å². The van der Waals surface area contributed by atoms with Crippen molar-refractivity contribution in [2.75, 3.05) is 0 Å². The topological polar surface area (TPSA) is 12.0 Å². The molecule has 0 bridgehead atoms. The van der Waals surface area contributed by atoms with Crippen LogP contribution in [0.4, 0.5) is 13.2 Å². The molecule has 0 radical (unpaired) electrons. The van der Waals surface area contributed by atoms with Gasteiger partial charge in [-0.2, -0.15) is 13.2 Å². The van der Waals surface area contributed by atoms with Crippen molar-refractivity contribution >= 4 is 0 Å². The van der Waals surface area contributed by atoms with Crippen LogP contribution in [0.2, 0.25) is 0 Å². The van der Waals surface area contributed by atoms with Crippen LogP contribution in [0, 0.1) is 5.92 Å². The lowest BCUT2D eigenvalue weighted by Gasteiger charge is -2.24. The zero-order chi connectivity index (χ0) is 11.4. The van der Waals surface area contributed by atoms with Gasteiger partial charge >= 0.3 is 6.18 Å². The molecule has 0 fully saturated rings. The van der Waals surface area contributed by atoms with Crippen LogP contribution in [0.15, 0.2) is 0 Å². The lowest BCUT2D eigenvalue weighted by Crippen LogP contribution is -2.45. The van der Waals surface area contributed by atoms with Crippen LogP contribution in [0.1, 0.15) is 40.5 Å². The Balaban J connectivity index is 4.12. The van der Waals surface area contributed by atoms with Crippen LogP contribution in [-0.4, -0.2) is 18.3 Å². The summed E-state index contributed by atoms with van der Waals surface area (Å²) in [7, 11) is 0. The van der Waals surface area contributed by atoms with Gasteiger partial charge in [-0.3, -0.25) is 0 Å². The highest BCUT2D eigenvalue weighted by molar-refractivity contribution is 4.77. The summed E-state index contributed by atoms with van der Waals surface area (Å²) in [5.74, 6) is 0.314. The predicted molar refractivity (Wildman–Crippen MR) is 52.2 cm³/mol. The average molecular weight is 211 g/mol. The molecule has 0 aliphatic carbocycles. The summed E-state index contributed by atoms with van der Waals surface area (Å²) in [6, 6.07) is -1.49. The van der Waals surface area contributed by atoms with Gasteiger partial charge in [-0.15, -0.1) is 0 Å². The molecule has 0 heterocycles. The smallest absolute Gasteiger partial charge is 0.304 e. The number of nitrogens with one attached hydrogen (secondary N) is 1. The van der Waals surface area contributed by atoms with Crippen LogP contribution in [0.3, 0.4) is 0 Å². The van der Waals surface area contributed by atoms with Gasteiger partial charge in [-0.1, -0.05) is 27.7 Å². The van der Waals surface area contributed by atoms with Crippen LogP contribution in [-0.2, 0) is 0 Å². The van der Waals surface area contributed by atoms with E-state index in [1.54, 1.807) is 13.8 Å². The molecule has 1 unspecified atom stereocenters. The van der Waals surface area contributed by atoms with E-state index in [2.05, 4.69) is 5.32 Å². The van der Waals surface area contributed by atoms with Crippen molar-refractivity contribution in [2.24, 2.45) is 5.92 Å². The Morgan fingerprint density at radius 2 is 1.50 bits per heavy atom. The van der Waals surface area contributed by atoms with E-state index in [1.165, 1.54) is 0 Å². The summed E-state index contributed by atoms with van der Waals surface area (Å²) >= 11 is 0. The molecular weight excluding hydrogens is 191 g/mol. The van der Waals surface area contributed by atoms with Gasteiger partial charge in [0.05, 0.1) is 0 Å². The molecule has 0 aliphatic rings. The van der Waals surface area contributed by atoms with E-state index in [9.17, 15) is 13.2 Å². The zero-order valence-corrected chi connectivity index (χ0v) is 9.28. The normalized spacial score (nSPS) is 15.2. The van der Waals surface area contributed by atoms with E-state index in [-0.39, 0.29) is 12.5 Å². The van der Waals surface area contributed by atoms with Gasteiger partial charge in [-0.05, 0) is 18.8 Å². The monoisotopic (exact) mass is 211 g/mol. The van der Waals surface area contributed by atoms with Gasteiger partial charge in [0.25, 0.3) is 0 Å².